The normalized spacial score (nSPS) is 9.75. The maximum atomic E-state index is 10.5. The van der Waals surface area contributed by atoms with Crippen molar-refractivity contribution in [1.29, 1.82) is 0 Å². The third-order valence-corrected chi connectivity index (χ3v) is 2.16. The van der Waals surface area contributed by atoms with Crippen LogP contribution in [0.1, 0.15) is 17.3 Å². The lowest BCUT2D eigenvalue weighted by Gasteiger charge is -2.06. The molecule has 0 bridgehead atoms. The van der Waals surface area contributed by atoms with Gasteiger partial charge in [-0.25, -0.2) is 4.98 Å². The van der Waals surface area contributed by atoms with E-state index in [1.54, 1.807) is 12.3 Å². The molecule has 1 rings (SSSR count). The summed E-state index contributed by atoms with van der Waals surface area (Å²) in [5.41, 5.74) is 0.171. The lowest BCUT2D eigenvalue weighted by atomic mass is 10.3. The van der Waals surface area contributed by atoms with E-state index in [9.17, 15) is 9.90 Å². The van der Waals surface area contributed by atoms with Gasteiger partial charge in [-0.2, -0.15) is 0 Å². The molecule has 1 aromatic heterocycles. The Kier molecular flexibility index (Phi) is 3.10. The second-order valence-corrected chi connectivity index (χ2v) is 3.33. The molecule has 0 spiro atoms. The number of carbonyl (C=O) groups excluding carboxylic acids is 1. The van der Waals surface area contributed by atoms with Gasteiger partial charge in [-0.05, 0) is 17.9 Å². The summed E-state index contributed by atoms with van der Waals surface area (Å²) in [7, 11) is 0. The fraction of sp³-hybridized carbons (Fsp3) is 0.250. The highest BCUT2D eigenvalue weighted by Crippen LogP contribution is 2.18. The van der Waals surface area contributed by atoms with Gasteiger partial charge in [-0.3, -0.25) is 0 Å². The van der Waals surface area contributed by atoms with Gasteiger partial charge in [0, 0.05) is 11.8 Å². The number of nitrogens with zero attached hydrogens (tertiary/aromatic N) is 1. The largest absolute Gasteiger partial charge is 0.545 e. The molecule has 12 heavy (non-hydrogen) atoms. The molecule has 0 saturated carbocycles. The zero-order valence-electron chi connectivity index (χ0n) is 6.61. The van der Waals surface area contributed by atoms with Crippen LogP contribution in [0.3, 0.4) is 0 Å². The minimum atomic E-state index is -1.17. The summed E-state index contributed by atoms with van der Waals surface area (Å²) >= 11 is 1.40. The van der Waals surface area contributed by atoms with Crippen LogP contribution in [0.2, 0.25) is 0 Å². The third kappa shape index (κ3) is 1.98. The number of carbonyl (C=O) groups is 1. The van der Waals surface area contributed by atoms with Crippen molar-refractivity contribution in [2.45, 2.75) is 11.9 Å². The maximum Gasteiger partial charge on any atom is 0.105 e. The molecule has 0 aliphatic heterocycles. The van der Waals surface area contributed by atoms with Crippen LogP contribution in [0.15, 0.2) is 23.4 Å². The zero-order valence-corrected chi connectivity index (χ0v) is 7.43. The second-order valence-electron chi connectivity index (χ2n) is 2.08. The Morgan fingerprint density at radius 1 is 1.75 bits per heavy atom. The first-order valence-electron chi connectivity index (χ1n) is 3.55. The predicted molar refractivity (Wildman–Crippen MR) is 45.0 cm³/mol. The molecule has 64 valence electrons. The van der Waals surface area contributed by atoms with Gasteiger partial charge < -0.3 is 9.90 Å². The summed E-state index contributed by atoms with van der Waals surface area (Å²) in [6.45, 7) is 1.94. The van der Waals surface area contributed by atoms with Crippen molar-refractivity contribution in [3.63, 3.8) is 0 Å². The lowest BCUT2D eigenvalue weighted by Crippen LogP contribution is -2.23. The number of aromatic carboxylic acids is 1. The van der Waals surface area contributed by atoms with Crippen molar-refractivity contribution in [2.75, 3.05) is 5.75 Å². The first-order valence-corrected chi connectivity index (χ1v) is 4.53. The van der Waals surface area contributed by atoms with E-state index in [1.165, 1.54) is 17.8 Å². The van der Waals surface area contributed by atoms with Crippen molar-refractivity contribution in [2.24, 2.45) is 0 Å². The fourth-order valence-corrected chi connectivity index (χ4v) is 1.51. The quantitative estimate of drug-likeness (QED) is 0.641. The fourth-order valence-electron chi connectivity index (χ4n) is 0.798. The molecule has 0 aromatic carbocycles. The van der Waals surface area contributed by atoms with E-state index in [0.717, 1.165) is 5.75 Å². The molecule has 0 aliphatic carbocycles. The van der Waals surface area contributed by atoms with Crippen LogP contribution in [-0.4, -0.2) is 16.7 Å². The number of thioether (sulfide) groups is 1. The number of hydrogen-bond donors (Lipinski definition) is 0. The minimum absolute atomic E-state index is 0.171. The molecule has 4 heteroatoms. The average molecular weight is 182 g/mol. The van der Waals surface area contributed by atoms with Crippen LogP contribution in [0, 0.1) is 0 Å². The van der Waals surface area contributed by atoms with E-state index in [-0.39, 0.29) is 5.56 Å². The van der Waals surface area contributed by atoms with Crippen molar-refractivity contribution >= 4 is 17.7 Å². The van der Waals surface area contributed by atoms with Crippen molar-refractivity contribution in [3.8, 4) is 0 Å². The van der Waals surface area contributed by atoms with E-state index in [0.29, 0.717) is 5.03 Å². The average Bonchev–Trinajstić information content (AvgIpc) is 2.05. The monoisotopic (exact) mass is 182 g/mol. The Bertz CT molecular complexity index is 288. The second kappa shape index (κ2) is 4.11. The van der Waals surface area contributed by atoms with Crippen LogP contribution < -0.4 is 5.11 Å². The smallest absolute Gasteiger partial charge is 0.105 e. The third-order valence-electron chi connectivity index (χ3n) is 1.27. The molecule has 0 N–H and O–H groups in total. The lowest BCUT2D eigenvalue weighted by molar-refractivity contribution is -0.255. The predicted octanol–water partition coefficient (Wildman–Crippen LogP) is 0.557. The molecular weight excluding hydrogens is 174 g/mol. The molecule has 0 amide bonds. The first kappa shape index (κ1) is 9.06. The summed E-state index contributed by atoms with van der Waals surface area (Å²) in [5.74, 6) is -0.365. The summed E-state index contributed by atoms with van der Waals surface area (Å²) < 4.78 is 0. The van der Waals surface area contributed by atoms with Crippen LogP contribution in [0.5, 0.6) is 0 Å². The van der Waals surface area contributed by atoms with E-state index in [2.05, 4.69) is 4.98 Å². The van der Waals surface area contributed by atoms with Crippen molar-refractivity contribution in [3.05, 3.63) is 23.9 Å². The van der Waals surface area contributed by atoms with Crippen molar-refractivity contribution < 1.29 is 9.90 Å². The van der Waals surface area contributed by atoms with Gasteiger partial charge in [-0.1, -0.05) is 6.92 Å². The number of carboxylic acids is 1. The summed E-state index contributed by atoms with van der Waals surface area (Å²) in [5, 5.41) is 11.1. The molecule has 0 saturated heterocycles. The highest BCUT2D eigenvalue weighted by molar-refractivity contribution is 7.99. The minimum Gasteiger partial charge on any atom is -0.545 e. The van der Waals surface area contributed by atoms with Gasteiger partial charge in [0.1, 0.15) is 5.03 Å². The molecule has 3 nitrogen and oxygen atoms in total. The molecule has 0 fully saturated rings. The Labute approximate surface area is 74.8 Å². The molecule has 0 unspecified atom stereocenters. The Morgan fingerprint density at radius 2 is 2.50 bits per heavy atom. The zero-order chi connectivity index (χ0) is 8.97. The standard InChI is InChI=1S/C8H9NO2S/c1-2-12-7-6(8(10)11)4-3-5-9-7/h3-5H,2H2,1H3,(H,10,11)/p-1. The molecule has 0 atom stereocenters. The topological polar surface area (TPSA) is 53.0 Å². The summed E-state index contributed by atoms with van der Waals surface area (Å²) in [6.07, 6.45) is 1.57. The van der Waals surface area contributed by atoms with Gasteiger partial charge in [0.2, 0.25) is 0 Å². The van der Waals surface area contributed by atoms with Gasteiger partial charge in [0.25, 0.3) is 0 Å². The number of carboxylic acid groups (broad SMARTS) is 1. The molecule has 1 heterocycles. The van der Waals surface area contributed by atoms with Gasteiger partial charge in [-0.15, -0.1) is 11.8 Å². The van der Waals surface area contributed by atoms with Crippen LogP contribution in [-0.2, 0) is 0 Å². The number of rotatable bonds is 3. The van der Waals surface area contributed by atoms with E-state index < -0.39 is 5.97 Å². The van der Waals surface area contributed by atoms with Crippen LogP contribution in [0.25, 0.3) is 0 Å². The summed E-state index contributed by atoms with van der Waals surface area (Å²) in [4.78, 5) is 14.5. The molecule has 0 aliphatic rings. The van der Waals surface area contributed by atoms with E-state index in [1.807, 2.05) is 6.92 Å². The number of aromatic nitrogens is 1. The highest BCUT2D eigenvalue weighted by Gasteiger charge is 2.02. The first-order chi connectivity index (χ1) is 5.75. The Morgan fingerprint density at radius 3 is 3.08 bits per heavy atom. The summed E-state index contributed by atoms with van der Waals surface area (Å²) in [6, 6.07) is 3.09. The van der Waals surface area contributed by atoms with Crippen molar-refractivity contribution in [1.82, 2.24) is 4.98 Å². The SMILES string of the molecule is CCSc1ncccc1C(=O)[O-]. The highest BCUT2D eigenvalue weighted by atomic mass is 32.2. The Hall–Kier alpha value is -1.03. The van der Waals surface area contributed by atoms with E-state index >= 15 is 0 Å². The molecule has 0 radical (unpaired) electrons. The van der Waals surface area contributed by atoms with Gasteiger partial charge in [0.05, 0.1) is 5.97 Å². The van der Waals surface area contributed by atoms with Gasteiger partial charge >= 0.3 is 0 Å². The maximum absolute atomic E-state index is 10.5. The van der Waals surface area contributed by atoms with Crippen LogP contribution in [0.4, 0.5) is 0 Å². The Balaban J connectivity index is 3.00. The number of hydrogen-bond acceptors (Lipinski definition) is 4. The van der Waals surface area contributed by atoms with E-state index in [4.69, 9.17) is 0 Å². The van der Waals surface area contributed by atoms with Gasteiger partial charge in [0.15, 0.2) is 0 Å². The molecule has 1 aromatic rings. The molecular formula is C8H8NO2S-. The number of pyridine rings is 1. The van der Waals surface area contributed by atoms with Crippen LogP contribution >= 0.6 is 11.8 Å².